The van der Waals surface area contributed by atoms with Crippen molar-refractivity contribution in [1.29, 1.82) is 0 Å². The van der Waals surface area contributed by atoms with E-state index < -0.39 is 37.3 Å². The molecule has 114 valence electrons. The number of hydrogen-bond acceptors (Lipinski definition) is 7. The zero-order valence-corrected chi connectivity index (χ0v) is 13.2. The molecule has 0 bridgehead atoms. The number of carboxylic acid groups (broad SMARTS) is 1. The topological polar surface area (TPSA) is 130 Å². The molecule has 0 aromatic carbocycles. The Hall–Kier alpha value is -1.04. The lowest BCUT2D eigenvalue weighted by Gasteiger charge is -2.03. The first-order valence-corrected chi connectivity index (χ1v) is 9.88. The van der Waals surface area contributed by atoms with Crippen LogP contribution in [0.1, 0.15) is 20.4 Å². The minimum Gasteiger partial charge on any atom is -0.477 e. The van der Waals surface area contributed by atoms with E-state index >= 15 is 0 Å². The normalized spacial score (nSPS) is 12.5. The van der Waals surface area contributed by atoms with Gasteiger partial charge in [0.1, 0.15) is 19.7 Å². The lowest BCUT2D eigenvalue weighted by molar-refractivity contribution is 0.0701. The number of carbonyl (C=O) groups is 1. The van der Waals surface area contributed by atoms with Gasteiger partial charge in [-0.1, -0.05) is 0 Å². The molecule has 0 atom stereocenters. The number of rotatable bonds is 7. The monoisotopic (exact) mass is 342 g/mol. The highest BCUT2D eigenvalue weighted by Gasteiger charge is 2.17. The third-order valence-electron chi connectivity index (χ3n) is 2.20. The van der Waals surface area contributed by atoms with Crippen LogP contribution in [0.25, 0.3) is 0 Å². The average Bonchev–Trinajstić information content (AvgIpc) is 2.65. The summed E-state index contributed by atoms with van der Waals surface area (Å²) in [6, 6.07) is 0. The molecule has 0 radical (unpaired) electrons. The molecule has 0 amide bonds. The standard InChI is InChI=1S/C9H14N2O6S3/c1-6-8(9(12)13)18-7(11-6)5-10-20(16,17)4-3-19(2,14)15/h10H,3-5H2,1-2H3,(H,12,13). The van der Waals surface area contributed by atoms with Gasteiger partial charge in [0.05, 0.1) is 23.7 Å². The van der Waals surface area contributed by atoms with Gasteiger partial charge < -0.3 is 5.11 Å². The van der Waals surface area contributed by atoms with Gasteiger partial charge in [-0.05, 0) is 6.92 Å². The van der Waals surface area contributed by atoms with E-state index in [1.807, 2.05) is 0 Å². The fourth-order valence-electron chi connectivity index (χ4n) is 1.23. The Kier molecular flexibility index (Phi) is 5.24. The van der Waals surface area contributed by atoms with E-state index in [9.17, 15) is 21.6 Å². The van der Waals surface area contributed by atoms with Crippen molar-refractivity contribution in [2.24, 2.45) is 0 Å². The molecule has 0 aliphatic heterocycles. The maximum Gasteiger partial charge on any atom is 0.347 e. The van der Waals surface area contributed by atoms with Gasteiger partial charge in [0, 0.05) is 6.26 Å². The Bertz CT molecular complexity index is 704. The SMILES string of the molecule is Cc1nc(CNS(=O)(=O)CCS(C)(=O)=O)sc1C(=O)O. The molecule has 11 heteroatoms. The highest BCUT2D eigenvalue weighted by atomic mass is 32.2. The molecule has 0 saturated heterocycles. The molecule has 0 saturated carbocycles. The summed E-state index contributed by atoms with van der Waals surface area (Å²) >= 11 is 0.876. The van der Waals surface area contributed by atoms with Crippen molar-refractivity contribution in [2.75, 3.05) is 17.8 Å². The molecule has 1 heterocycles. The molecule has 0 aliphatic rings. The maximum atomic E-state index is 11.6. The van der Waals surface area contributed by atoms with Crippen LogP contribution < -0.4 is 4.72 Å². The van der Waals surface area contributed by atoms with Crippen molar-refractivity contribution in [1.82, 2.24) is 9.71 Å². The quantitative estimate of drug-likeness (QED) is 0.690. The Balaban J connectivity index is 2.67. The van der Waals surface area contributed by atoms with E-state index in [0.29, 0.717) is 10.7 Å². The summed E-state index contributed by atoms with van der Waals surface area (Å²) in [4.78, 5) is 14.8. The molecule has 0 unspecified atom stereocenters. The summed E-state index contributed by atoms with van der Waals surface area (Å²) in [5.74, 6) is -2.13. The van der Waals surface area contributed by atoms with Gasteiger partial charge in [-0.2, -0.15) is 0 Å². The van der Waals surface area contributed by atoms with Crippen LogP contribution in [-0.4, -0.2) is 50.7 Å². The third kappa shape index (κ3) is 5.53. The van der Waals surface area contributed by atoms with E-state index in [-0.39, 0.29) is 11.4 Å². The third-order valence-corrected chi connectivity index (χ3v) is 5.88. The number of carboxylic acids is 1. The van der Waals surface area contributed by atoms with E-state index in [1.165, 1.54) is 6.92 Å². The van der Waals surface area contributed by atoms with Crippen LogP contribution in [0.2, 0.25) is 0 Å². The van der Waals surface area contributed by atoms with E-state index in [0.717, 1.165) is 17.6 Å². The fraction of sp³-hybridized carbons (Fsp3) is 0.556. The number of sulfonamides is 1. The number of aromatic nitrogens is 1. The first-order chi connectivity index (χ1) is 9.00. The lowest BCUT2D eigenvalue weighted by atomic mass is 10.4. The molecule has 1 aromatic heterocycles. The number of thiazole rings is 1. The van der Waals surface area contributed by atoms with Gasteiger partial charge in [-0.15, -0.1) is 11.3 Å². The highest BCUT2D eigenvalue weighted by Crippen LogP contribution is 2.17. The van der Waals surface area contributed by atoms with Crippen LogP contribution in [0.15, 0.2) is 0 Å². The average molecular weight is 342 g/mol. The zero-order valence-electron chi connectivity index (χ0n) is 10.8. The molecule has 20 heavy (non-hydrogen) atoms. The van der Waals surface area contributed by atoms with Crippen molar-refractivity contribution < 1.29 is 26.7 Å². The van der Waals surface area contributed by atoms with Gasteiger partial charge in [0.25, 0.3) is 0 Å². The van der Waals surface area contributed by atoms with Crippen LogP contribution in [0, 0.1) is 6.92 Å². The van der Waals surface area contributed by atoms with Gasteiger partial charge in [0.2, 0.25) is 10.0 Å². The smallest absolute Gasteiger partial charge is 0.347 e. The van der Waals surface area contributed by atoms with Crippen molar-refractivity contribution in [3.05, 3.63) is 15.6 Å². The molecule has 0 spiro atoms. The molecule has 1 rings (SSSR count). The molecule has 0 fully saturated rings. The lowest BCUT2D eigenvalue weighted by Crippen LogP contribution is -2.29. The van der Waals surface area contributed by atoms with E-state index in [1.54, 1.807) is 0 Å². The summed E-state index contributed by atoms with van der Waals surface area (Å²) in [6.07, 6.45) is 0.950. The molecular weight excluding hydrogens is 328 g/mol. The summed E-state index contributed by atoms with van der Waals surface area (Å²) in [7, 11) is -7.11. The largest absolute Gasteiger partial charge is 0.477 e. The summed E-state index contributed by atoms with van der Waals surface area (Å²) in [5, 5.41) is 9.15. The van der Waals surface area contributed by atoms with Gasteiger partial charge in [-0.25, -0.2) is 31.3 Å². The van der Waals surface area contributed by atoms with E-state index in [2.05, 4.69) is 9.71 Å². The first-order valence-electron chi connectivity index (χ1n) is 5.35. The second-order valence-electron chi connectivity index (χ2n) is 4.10. The summed E-state index contributed by atoms with van der Waals surface area (Å²) in [6.45, 7) is 1.35. The number of hydrogen-bond donors (Lipinski definition) is 2. The summed E-state index contributed by atoms with van der Waals surface area (Å²) < 4.78 is 47.1. The Morgan fingerprint density at radius 1 is 1.30 bits per heavy atom. The Morgan fingerprint density at radius 2 is 1.90 bits per heavy atom. The van der Waals surface area contributed by atoms with E-state index in [4.69, 9.17) is 5.11 Å². The number of sulfone groups is 1. The zero-order chi connectivity index (χ0) is 15.6. The van der Waals surface area contributed by atoms with Gasteiger partial charge in [-0.3, -0.25) is 0 Å². The van der Waals surface area contributed by atoms with Crippen LogP contribution >= 0.6 is 11.3 Å². The minimum absolute atomic E-state index is 0.0512. The molecule has 8 nitrogen and oxygen atoms in total. The van der Waals surface area contributed by atoms with Crippen LogP contribution in [0.5, 0.6) is 0 Å². The molecular formula is C9H14N2O6S3. The molecule has 1 aromatic rings. The Labute approximate surface area is 120 Å². The van der Waals surface area contributed by atoms with Crippen molar-refractivity contribution in [2.45, 2.75) is 13.5 Å². The van der Waals surface area contributed by atoms with Crippen molar-refractivity contribution in [3.63, 3.8) is 0 Å². The van der Waals surface area contributed by atoms with Crippen molar-refractivity contribution >= 4 is 37.2 Å². The van der Waals surface area contributed by atoms with Crippen LogP contribution in [0.3, 0.4) is 0 Å². The number of nitrogens with one attached hydrogen (secondary N) is 1. The number of nitrogens with zero attached hydrogens (tertiary/aromatic N) is 1. The Morgan fingerprint density at radius 3 is 2.35 bits per heavy atom. The number of aromatic carboxylic acids is 1. The predicted octanol–water partition coefficient (Wildman–Crippen LogP) is -0.386. The molecule has 2 N–H and O–H groups in total. The maximum absolute atomic E-state index is 11.6. The van der Waals surface area contributed by atoms with Gasteiger partial charge in [0.15, 0.2) is 0 Å². The van der Waals surface area contributed by atoms with Gasteiger partial charge >= 0.3 is 5.97 Å². The molecule has 0 aliphatic carbocycles. The predicted molar refractivity (Wildman–Crippen MR) is 74.1 cm³/mol. The minimum atomic E-state index is -3.75. The summed E-state index contributed by atoms with van der Waals surface area (Å²) in [5.41, 5.74) is 0.313. The highest BCUT2D eigenvalue weighted by molar-refractivity contribution is 7.93. The second kappa shape index (κ2) is 6.16. The van der Waals surface area contributed by atoms with Crippen LogP contribution in [0.4, 0.5) is 0 Å². The first kappa shape index (κ1) is 17.0. The fourth-order valence-corrected chi connectivity index (χ4v) is 4.76. The second-order valence-corrected chi connectivity index (χ2v) is 9.37. The van der Waals surface area contributed by atoms with Crippen LogP contribution in [-0.2, 0) is 26.4 Å². The van der Waals surface area contributed by atoms with Crippen molar-refractivity contribution in [3.8, 4) is 0 Å². The number of aryl methyl sites for hydroxylation is 1.